The Kier molecular flexibility index (Phi) is 2.25. The van der Waals surface area contributed by atoms with E-state index >= 15 is 0 Å². The van der Waals surface area contributed by atoms with Crippen LogP contribution in [-0.4, -0.2) is 18.1 Å². The summed E-state index contributed by atoms with van der Waals surface area (Å²) in [6, 6.07) is 4.33. The van der Waals surface area contributed by atoms with Crippen LogP contribution in [0.5, 0.6) is 0 Å². The van der Waals surface area contributed by atoms with Gasteiger partial charge >= 0.3 is 0 Å². The van der Waals surface area contributed by atoms with Crippen molar-refractivity contribution < 1.29 is 0 Å². The molecule has 0 amide bonds. The molecule has 19 heavy (non-hydrogen) atoms. The first kappa shape index (κ1) is 11.1. The van der Waals surface area contributed by atoms with Crippen LogP contribution in [-0.2, 0) is 12.8 Å². The first-order valence-electron chi connectivity index (χ1n) is 7.17. The summed E-state index contributed by atoms with van der Waals surface area (Å²) in [5.41, 5.74) is 6.20. The predicted octanol–water partition coefficient (Wildman–Crippen LogP) is 2.54. The van der Waals surface area contributed by atoms with Crippen LogP contribution in [0.4, 0.5) is 5.69 Å². The maximum absolute atomic E-state index is 11.9. The van der Waals surface area contributed by atoms with E-state index in [1.165, 1.54) is 54.6 Å². The number of hydrogen-bond acceptors (Lipinski definition) is 2. The minimum Gasteiger partial charge on any atom is -0.371 e. The molecule has 2 aliphatic heterocycles. The monoisotopic (exact) mass is 254 g/mol. The smallest absolute Gasteiger partial charge is 0.251 e. The largest absolute Gasteiger partial charge is 0.371 e. The highest BCUT2D eigenvalue weighted by Gasteiger charge is 2.25. The molecule has 0 saturated carbocycles. The molecule has 2 aliphatic rings. The standard InChI is InChI=1S/C16H18N2O/c1-10-8-12-9-11-4-2-6-18-7-3-5-13(15(11)18)14(12)17-16(10)19/h8-9H,2-7H2,1H3,(H,17,19). The third kappa shape index (κ3) is 1.54. The van der Waals surface area contributed by atoms with Crippen LogP contribution in [0.2, 0.25) is 0 Å². The van der Waals surface area contributed by atoms with E-state index < -0.39 is 0 Å². The first-order valence-corrected chi connectivity index (χ1v) is 7.17. The summed E-state index contributed by atoms with van der Waals surface area (Å²) in [6.45, 7) is 4.22. The van der Waals surface area contributed by atoms with Crippen LogP contribution >= 0.6 is 0 Å². The first-order chi connectivity index (χ1) is 9.24. The summed E-state index contributed by atoms with van der Waals surface area (Å²) >= 11 is 0. The maximum atomic E-state index is 11.9. The Balaban J connectivity index is 2.12. The Morgan fingerprint density at radius 1 is 1.16 bits per heavy atom. The molecule has 2 aromatic rings. The van der Waals surface area contributed by atoms with Gasteiger partial charge in [0.15, 0.2) is 0 Å². The van der Waals surface area contributed by atoms with Crippen molar-refractivity contribution in [1.29, 1.82) is 0 Å². The molecule has 0 aliphatic carbocycles. The Bertz CT molecular complexity index is 728. The van der Waals surface area contributed by atoms with E-state index in [9.17, 15) is 4.79 Å². The molecule has 0 spiro atoms. The SMILES string of the molecule is Cc1cc2cc3c4c(c2[nH]c1=O)CCCN4CCC3. The third-order valence-corrected chi connectivity index (χ3v) is 4.52. The summed E-state index contributed by atoms with van der Waals surface area (Å²) < 4.78 is 0. The lowest BCUT2D eigenvalue weighted by Crippen LogP contribution is -2.34. The van der Waals surface area contributed by atoms with E-state index in [4.69, 9.17) is 0 Å². The molecular formula is C16H18N2O. The van der Waals surface area contributed by atoms with Crippen molar-refractivity contribution in [2.75, 3.05) is 18.0 Å². The fourth-order valence-electron chi connectivity index (χ4n) is 3.66. The number of aromatic nitrogens is 1. The molecule has 0 unspecified atom stereocenters. The number of H-pyrrole nitrogens is 1. The van der Waals surface area contributed by atoms with Crippen molar-refractivity contribution in [3.63, 3.8) is 0 Å². The zero-order valence-electron chi connectivity index (χ0n) is 11.3. The lowest BCUT2D eigenvalue weighted by atomic mass is 9.89. The number of fused-ring (bicyclic) bond motifs is 2. The van der Waals surface area contributed by atoms with Crippen molar-refractivity contribution in [3.8, 4) is 0 Å². The number of benzene rings is 1. The lowest BCUT2D eigenvalue weighted by Gasteiger charge is -2.37. The fraction of sp³-hybridized carbons (Fsp3) is 0.438. The number of rotatable bonds is 0. The van der Waals surface area contributed by atoms with E-state index in [1.807, 2.05) is 13.0 Å². The molecule has 0 radical (unpaired) electrons. The molecule has 0 bridgehead atoms. The van der Waals surface area contributed by atoms with Gasteiger partial charge < -0.3 is 9.88 Å². The molecule has 4 rings (SSSR count). The molecule has 0 atom stereocenters. The molecule has 1 aromatic carbocycles. The van der Waals surface area contributed by atoms with Gasteiger partial charge in [0.2, 0.25) is 0 Å². The van der Waals surface area contributed by atoms with E-state index in [1.54, 1.807) is 0 Å². The highest BCUT2D eigenvalue weighted by Crippen LogP contribution is 2.38. The lowest BCUT2D eigenvalue weighted by molar-refractivity contribution is 0.636. The van der Waals surface area contributed by atoms with Crippen LogP contribution in [0.15, 0.2) is 16.9 Å². The van der Waals surface area contributed by atoms with Crippen molar-refractivity contribution in [2.45, 2.75) is 32.6 Å². The maximum Gasteiger partial charge on any atom is 0.251 e. The minimum absolute atomic E-state index is 0.0524. The average molecular weight is 254 g/mol. The molecule has 3 nitrogen and oxygen atoms in total. The van der Waals surface area contributed by atoms with Gasteiger partial charge in [-0.05, 0) is 61.3 Å². The number of aromatic amines is 1. The minimum atomic E-state index is 0.0524. The number of aryl methyl sites for hydroxylation is 3. The Morgan fingerprint density at radius 2 is 1.95 bits per heavy atom. The molecule has 1 N–H and O–H groups in total. The zero-order chi connectivity index (χ0) is 13.0. The third-order valence-electron chi connectivity index (χ3n) is 4.52. The summed E-state index contributed by atoms with van der Waals surface area (Å²) in [5.74, 6) is 0. The number of nitrogens with zero attached hydrogens (tertiary/aromatic N) is 1. The Hall–Kier alpha value is -1.77. The van der Waals surface area contributed by atoms with Gasteiger partial charge in [-0.25, -0.2) is 0 Å². The van der Waals surface area contributed by atoms with E-state index in [2.05, 4.69) is 16.0 Å². The number of hydrogen-bond donors (Lipinski definition) is 1. The molecule has 0 saturated heterocycles. The van der Waals surface area contributed by atoms with Crippen LogP contribution in [0.3, 0.4) is 0 Å². The molecule has 3 heteroatoms. The topological polar surface area (TPSA) is 36.1 Å². The van der Waals surface area contributed by atoms with Gasteiger partial charge in [0.25, 0.3) is 5.56 Å². The normalized spacial score (nSPS) is 17.6. The van der Waals surface area contributed by atoms with Gasteiger partial charge in [0.05, 0.1) is 5.52 Å². The number of pyridine rings is 1. The highest BCUT2D eigenvalue weighted by atomic mass is 16.1. The average Bonchev–Trinajstić information content (AvgIpc) is 2.42. The van der Waals surface area contributed by atoms with E-state index in [0.717, 1.165) is 17.5 Å². The molecule has 0 fully saturated rings. The molecule has 1 aromatic heterocycles. The van der Waals surface area contributed by atoms with Crippen molar-refractivity contribution in [2.24, 2.45) is 0 Å². The quantitative estimate of drug-likeness (QED) is 0.784. The van der Waals surface area contributed by atoms with Crippen molar-refractivity contribution >= 4 is 16.6 Å². The molecule has 98 valence electrons. The fourth-order valence-corrected chi connectivity index (χ4v) is 3.66. The van der Waals surface area contributed by atoms with Crippen LogP contribution in [0.1, 0.15) is 29.5 Å². The second-order valence-corrected chi connectivity index (χ2v) is 5.80. The molecular weight excluding hydrogens is 236 g/mol. The van der Waals surface area contributed by atoms with Crippen LogP contribution in [0.25, 0.3) is 10.9 Å². The van der Waals surface area contributed by atoms with Crippen LogP contribution in [0, 0.1) is 6.92 Å². The second kappa shape index (κ2) is 3.86. The van der Waals surface area contributed by atoms with Gasteiger partial charge in [0.1, 0.15) is 0 Å². The van der Waals surface area contributed by atoms with E-state index in [0.29, 0.717) is 0 Å². The van der Waals surface area contributed by atoms with E-state index in [-0.39, 0.29) is 5.56 Å². The summed E-state index contributed by atoms with van der Waals surface area (Å²) in [4.78, 5) is 17.5. The Morgan fingerprint density at radius 3 is 2.79 bits per heavy atom. The molecule has 3 heterocycles. The van der Waals surface area contributed by atoms with Gasteiger partial charge in [-0.3, -0.25) is 4.79 Å². The number of anilines is 1. The van der Waals surface area contributed by atoms with Crippen LogP contribution < -0.4 is 10.5 Å². The number of nitrogens with one attached hydrogen (secondary N) is 1. The van der Waals surface area contributed by atoms with Crippen molar-refractivity contribution in [3.05, 3.63) is 39.2 Å². The predicted molar refractivity (Wildman–Crippen MR) is 78.2 cm³/mol. The summed E-state index contributed by atoms with van der Waals surface area (Å²) in [6.07, 6.45) is 4.71. The zero-order valence-corrected chi connectivity index (χ0v) is 11.3. The Labute approximate surface area is 112 Å². The van der Waals surface area contributed by atoms with Gasteiger partial charge in [0, 0.05) is 24.3 Å². The van der Waals surface area contributed by atoms with Gasteiger partial charge in [-0.15, -0.1) is 0 Å². The van der Waals surface area contributed by atoms with Gasteiger partial charge in [-0.1, -0.05) is 0 Å². The summed E-state index contributed by atoms with van der Waals surface area (Å²) in [5, 5.41) is 1.20. The summed E-state index contributed by atoms with van der Waals surface area (Å²) in [7, 11) is 0. The van der Waals surface area contributed by atoms with Crippen molar-refractivity contribution in [1.82, 2.24) is 4.98 Å². The highest BCUT2D eigenvalue weighted by molar-refractivity contribution is 5.90. The van der Waals surface area contributed by atoms with Gasteiger partial charge in [-0.2, -0.15) is 0 Å². The second-order valence-electron chi connectivity index (χ2n) is 5.80.